The molecule has 2 aromatic rings. The van der Waals surface area contributed by atoms with E-state index in [1.165, 1.54) is 24.1 Å². The Morgan fingerprint density at radius 3 is 2.25 bits per heavy atom. The first kappa shape index (κ1) is 16.5. The lowest BCUT2D eigenvalue weighted by atomic mass is 9.86. The summed E-state index contributed by atoms with van der Waals surface area (Å²) < 4.78 is 44.0. The number of methoxy groups -OCH3 is 1. The van der Waals surface area contributed by atoms with Gasteiger partial charge in [0.25, 0.3) is 5.91 Å². The zero-order valence-electron chi connectivity index (χ0n) is 13.4. The highest BCUT2D eigenvalue weighted by atomic mass is 19.4. The van der Waals surface area contributed by atoms with Crippen molar-refractivity contribution in [3.63, 3.8) is 0 Å². The first-order chi connectivity index (χ1) is 11.2. The molecule has 1 atom stereocenters. The van der Waals surface area contributed by atoms with Gasteiger partial charge in [0.15, 0.2) is 5.60 Å². The number of ether oxygens (including phenoxy) is 1. The molecule has 0 spiro atoms. The summed E-state index contributed by atoms with van der Waals surface area (Å²) in [4.78, 5) is 14.4. The number of anilines is 1. The molecule has 126 valence electrons. The maximum absolute atomic E-state index is 12.9. The second-order valence-corrected chi connectivity index (χ2v) is 5.85. The van der Waals surface area contributed by atoms with Gasteiger partial charge >= 0.3 is 6.18 Å². The Balaban J connectivity index is 2.20. The molecule has 0 saturated carbocycles. The van der Waals surface area contributed by atoms with Gasteiger partial charge in [-0.15, -0.1) is 0 Å². The van der Waals surface area contributed by atoms with E-state index in [-0.39, 0.29) is 5.91 Å². The van der Waals surface area contributed by atoms with Crippen LogP contribution in [0.4, 0.5) is 18.9 Å². The minimum atomic E-state index is -4.43. The minimum Gasteiger partial charge on any atom is -0.359 e. The third-order valence-corrected chi connectivity index (χ3v) is 4.42. The number of benzene rings is 2. The van der Waals surface area contributed by atoms with Crippen molar-refractivity contribution < 1.29 is 22.7 Å². The van der Waals surface area contributed by atoms with Crippen molar-refractivity contribution in [2.45, 2.75) is 18.7 Å². The minimum absolute atomic E-state index is 0.328. The molecule has 3 rings (SSSR count). The second kappa shape index (κ2) is 5.34. The van der Waals surface area contributed by atoms with Gasteiger partial charge in [-0.05, 0) is 30.7 Å². The molecule has 1 heterocycles. The lowest BCUT2D eigenvalue weighted by Gasteiger charge is -2.27. The number of aryl methyl sites for hydroxylation is 1. The van der Waals surface area contributed by atoms with Crippen LogP contribution in [-0.2, 0) is 21.3 Å². The van der Waals surface area contributed by atoms with E-state index >= 15 is 0 Å². The monoisotopic (exact) mass is 335 g/mol. The van der Waals surface area contributed by atoms with Crippen molar-refractivity contribution in [1.29, 1.82) is 0 Å². The van der Waals surface area contributed by atoms with Crippen LogP contribution in [0, 0.1) is 6.92 Å². The number of fused-ring (bicyclic) bond motifs is 1. The van der Waals surface area contributed by atoms with E-state index in [1.807, 2.05) is 25.1 Å². The number of likely N-dealkylation sites (N-methyl/N-ethyl adjacent to an activating group) is 1. The number of hydrogen-bond acceptors (Lipinski definition) is 2. The van der Waals surface area contributed by atoms with Crippen LogP contribution in [0.1, 0.15) is 22.3 Å². The fraction of sp³-hybridized carbons (Fsp3) is 0.278. The Labute approximate surface area is 137 Å². The number of hydrogen-bond donors (Lipinski definition) is 0. The summed E-state index contributed by atoms with van der Waals surface area (Å²) in [6, 6.07) is 10.1. The van der Waals surface area contributed by atoms with Crippen LogP contribution in [0.2, 0.25) is 0 Å². The van der Waals surface area contributed by atoms with E-state index in [9.17, 15) is 18.0 Å². The SMILES string of the molecule is COC1(c2ccc(C(F)(F)F)cc2)C(=O)N(C)c2ccc(C)cc21. The number of alkyl halides is 3. The molecule has 0 radical (unpaired) electrons. The number of rotatable bonds is 2. The van der Waals surface area contributed by atoms with Gasteiger partial charge in [0.05, 0.1) is 11.3 Å². The van der Waals surface area contributed by atoms with Crippen LogP contribution < -0.4 is 4.90 Å². The van der Waals surface area contributed by atoms with Crippen molar-refractivity contribution in [3.05, 3.63) is 64.7 Å². The number of amides is 1. The molecule has 1 unspecified atom stereocenters. The third-order valence-electron chi connectivity index (χ3n) is 4.42. The summed E-state index contributed by atoms with van der Waals surface area (Å²) in [6.07, 6.45) is -4.43. The predicted octanol–water partition coefficient (Wildman–Crippen LogP) is 3.88. The molecule has 1 aliphatic rings. The molecular weight excluding hydrogens is 319 g/mol. The van der Waals surface area contributed by atoms with Gasteiger partial charge in [-0.1, -0.05) is 29.8 Å². The zero-order chi connectivity index (χ0) is 17.7. The van der Waals surface area contributed by atoms with Crippen LogP contribution >= 0.6 is 0 Å². The lowest BCUT2D eigenvalue weighted by Crippen LogP contribution is -2.41. The van der Waals surface area contributed by atoms with Gasteiger partial charge in [-0.25, -0.2) is 0 Å². The summed E-state index contributed by atoms with van der Waals surface area (Å²) in [5.74, 6) is -0.328. The van der Waals surface area contributed by atoms with E-state index < -0.39 is 17.3 Å². The smallest absolute Gasteiger partial charge is 0.359 e. The normalized spacial score (nSPS) is 20.4. The van der Waals surface area contributed by atoms with Crippen LogP contribution in [0.5, 0.6) is 0 Å². The summed E-state index contributed by atoms with van der Waals surface area (Å²) in [6.45, 7) is 1.89. The highest BCUT2D eigenvalue weighted by molar-refractivity contribution is 6.09. The molecule has 6 heteroatoms. The standard InChI is InChI=1S/C18H16F3NO2/c1-11-4-9-15-14(10-11)17(24-3,16(23)22(15)2)12-5-7-13(8-6-12)18(19,20)21/h4-10H,1-3H3. The Morgan fingerprint density at radius 2 is 1.71 bits per heavy atom. The molecule has 0 aliphatic carbocycles. The Bertz CT molecular complexity index is 799. The average Bonchev–Trinajstić information content (AvgIpc) is 2.75. The number of halogens is 3. The zero-order valence-corrected chi connectivity index (χ0v) is 13.4. The van der Waals surface area contributed by atoms with Crippen molar-refractivity contribution in [2.75, 3.05) is 19.1 Å². The topological polar surface area (TPSA) is 29.5 Å². The first-order valence-corrected chi connectivity index (χ1v) is 7.34. The van der Waals surface area contributed by atoms with Crippen LogP contribution in [-0.4, -0.2) is 20.1 Å². The van der Waals surface area contributed by atoms with E-state index in [0.717, 1.165) is 17.7 Å². The molecule has 1 aliphatic heterocycles. The Hall–Kier alpha value is -2.34. The van der Waals surface area contributed by atoms with Crippen LogP contribution in [0.25, 0.3) is 0 Å². The summed E-state index contributed by atoms with van der Waals surface area (Å²) >= 11 is 0. The Morgan fingerprint density at radius 1 is 1.08 bits per heavy atom. The van der Waals surface area contributed by atoms with Crippen molar-refractivity contribution in [1.82, 2.24) is 0 Å². The molecule has 0 saturated heterocycles. The van der Waals surface area contributed by atoms with Gasteiger partial charge in [0, 0.05) is 19.7 Å². The van der Waals surface area contributed by atoms with Crippen molar-refractivity contribution in [2.24, 2.45) is 0 Å². The third kappa shape index (κ3) is 2.21. The van der Waals surface area contributed by atoms with Gasteiger partial charge < -0.3 is 9.64 Å². The quantitative estimate of drug-likeness (QED) is 0.833. The fourth-order valence-electron chi connectivity index (χ4n) is 3.17. The first-order valence-electron chi connectivity index (χ1n) is 7.34. The van der Waals surface area contributed by atoms with Crippen molar-refractivity contribution in [3.8, 4) is 0 Å². The largest absolute Gasteiger partial charge is 0.416 e. The molecular formula is C18H16F3NO2. The highest BCUT2D eigenvalue weighted by Crippen LogP contribution is 2.46. The lowest BCUT2D eigenvalue weighted by molar-refractivity contribution is -0.137. The van der Waals surface area contributed by atoms with Crippen LogP contribution in [0.3, 0.4) is 0 Å². The molecule has 0 aromatic heterocycles. The molecule has 0 N–H and O–H groups in total. The van der Waals surface area contributed by atoms with E-state index in [2.05, 4.69) is 0 Å². The van der Waals surface area contributed by atoms with Crippen molar-refractivity contribution >= 4 is 11.6 Å². The summed E-state index contributed by atoms with van der Waals surface area (Å²) in [5, 5.41) is 0. The maximum Gasteiger partial charge on any atom is 0.416 e. The van der Waals surface area contributed by atoms with Crippen LogP contribution in [0.15, 0.2) is 42.5 Å². The number of nitrogens with zero attached hydrogens (tertiary/aromatic N) is 1. The molecule has 2 aromatic carbocycles. The second-order valence-electron chi connectivity index (χ2n) is 5.85. The fourth-order valence-corrected chi connectivity index (χ4v) is 3.17. The predicted molar refractivity (Wildman–Crippen MR) is 83.8 cm³/mol. The molecule has 24 heavy (non-hydrogen) atoms. The molecule has 3 nitrogen and oxygen atoms in total. The average molecular weight is 335 g/mol. The van der Waals surface area contributed by atoms with Gasteiger partial charge in [-0.3, -0.25) is 4.79 Å². The molecule has 0 bridgehead atoms. The number of carbonyl (C=O) groups is 1. The summed E-state index contributed by atoms with van der Waals surface area (Å²) in [7, 11) is 3.02. The molecule has 1 amide bonds. The van der Waals surface area contributed by atoms with E-state index in [4.69, 9.17) is 4.74 Å². The molecule has 0 fully saturated rings. The number of carbonyl (C=O) groups excluding carboxylic acids is 1. The van der Waals surface area contributed by atoms with E-state index in [0.29, 0.717) is 16.8 Å². The summed E-state index contributed by atoms with van der Waals surface area (Å²) in [5.41, 5.74) is 0.440. The van der Waals surface area contributed by atoms with Gasteiger partial charge in [-0.2, -0.15) is 13.2 Å². The van der Waals surface area contributed by atoms with Gasteiger partial charge in [0.1, 0.15) is 0 Å². The maximum atomic E-state index is 12.9. The Kier molecular flexibility index (Phi) is 3.68. The van der Waals surface area contributed by atoms with Gasteiger partial charge in [0.2, 0.25) is 0 Å². The van der Waals surface area contributed by atoms with E-state index in [1.54, 1.807) is 7.05 Å². The highest BCUT2D eigenvalue weighted by Gasteiger charge is 2.52.